The number of hydrogen-bond acceptors (Lipinski definition) is 4. The molecule has 0 aliphatic carbocycles. The summed E-state index contributed by atoms with van der Waals surface area (Å²) in [5.41, 5.74) is -0.278. The van der Waals surface area contributed by atoms with Crippen molar-refractivity contribution >= 4 is 26.5 Å². The number of piperazine rings is 1. The lowest BCUT2D eigenvalue weighted by atomic mass is 10.1. The zero-order chi connectivity index (χ0) is 22.2. The maximum atomic E-state index is 13.1. The van der Waals surface area contributed by atoms with Crippen molar-refractivity contribution in [3.63, 3.8) is 0 Å². The minimum absolute atomic E-state index is 0.192. The number of fused-ring (bicyclic) bond motifs is 1. The van der Waals surface area contributed by atoms with Crippen LogP contribution in [0.1, 0.15) is 5.56 Å². The van der Waals surface area contributed by atoms with E-state index in [1.165, 1.54) is 10.4 Å². The van der Waals surface area contributed by atoms with Gasteiger partial charge in [-0.15, -0.1) is 0 Å². The molecule has 1 fully saturated rings. The molecule has 0 spiro atoms. The highest BCUT2D eigenvalue weighted by Crippen LogP contribution is 2.32. The van der Waals surface area contributed by atoms with Crippen LogP contribution in [0.3, 0.4) is 0 Å². The molecule has 0 atom stereocenters. The van der Waals surface area contributed by atoms with Crippen LogP contribution in [0, 0.1) is 0 Å². The molecular weight excluding hydrogens is 429 g/mol. The predicted octanol–water partition coefficient (Wildman–Crippen LogP) is 4.38. The van der Waals surface area contributed by atoms with Gasteiger partial charge in [0.25, 0.3) is 0 Å². The van der Waals surface area contributed by atoms with Crippen LogP contribution in [-0.2, 0) is 16.2 Å². The fraction of sp³-hybridized carbons (Fsp3) is 0.273. The Morgan fingerprint density at radius 3 is 2.23 bits per heavy atom. The van der Waals surface area contributed by atoms with Crippen molar-refractivity contribution < 1.29 is 26.3 Å². The highest BCUT2D eigenvalue weighted by Gasteiger charge is 2.32. The zero-order valence-corrected chi connectivity index (χ0v) is 17.6. The Morgan fingerprint density at radius 1 is 0.871 bits per heavy atom. The van der Waals surface area contributed by atoms with Gasteiger partial charge in [-0.3, -0.25) is 0 Å². The molecular formula is C22H21F3N2O3S. The summed E-state index contributed by atoms with van der Waals surface area (Å²) in [5.74, 6) is 0.689. The van der Waals surface area contributed by atoms with Crippen molar-refractivity contribution in [1.82, 2.24) is 4.31 Å². The number of methoxy groups -OCH3 is 1. The van der Waals surface area contributed by atoms with E-state index in [2.05, 4.69) is 0 Å². The summed E-state index contributed by atoms with van der Waals surface area (Å²) in [6.45, 7) is 1.01. The number of sulfonamides is 1. The van der Waals surface area contributed by atoms with E-state index in [1.807, 2.05) is 6.07 Å². The summed E-state index contributed by atoms with van der Waals surface area (Å²) >= 11 is 0. The summed E-state index contributed by atoms with van der Waals surface area (Å²) in [6.07, 6.45) is -4.42. The molecule has 0 saturated carbocycles. The molecule has 0 amide bonds. The van der Waals surface area contributed by atoms with E-state index in [1.54, 1.807) is 48.4 Å². The van der Waals surface area contributed by atoms with Gasteiger partial charge in [-0.1, -0.05) is 18.2 Å². The number of benzene rings is 3. The average molecular weight is 450 g/mol. The van der Waals surface area contributed by atoms with Gasteiger partial charge in [-0.25, -0.2) is 8.42 Å². The Morgan fingerprint density at radius 2 is 1.55 bits per heavy atom. The fourth-order valence-electron chi connectivity index (χ4n) is 3.70. The first kappa shape index (κ1) is 21.5. The second kappa shape index (κ2) is 8.05. The van der Waals surface area contributed by atoms with Crippen LogP contribution in [0.2, 0.25) is 0 Å². The zero-order valence-electron chi connectivity index (χ0n) is 16.8. The lowest BCUT2D eigenvalue weighted by Gasteiger charge is -2.35. The van der Waals surface area contributed by atoms with Gasteiger partial charge in [-0.2, -0.15) is 17.5 Å². The molecule has 1 aliphatic heterocycles. The predicted molar refractivity (Wildman–Crippen MR) is 113 cm³/mol. The summed E-state index contributed by atoms with van der Waals surface area (Å²) in [7, 11) is -2.14. The molecule has 1 saturated heterocycles. The van der Waals surface area contributed by atoms with Gasteiger partial charge in [0.1, 0.15) is 5.75 Å². The SMILES string of the molecule is COc1ccc2cc(S(=O)(=O)N3CCN(c4cccc(C(F)(F)F)c4)CC3)ccc2c1. The second-order valence-corrected chi connectivity index (χ2v) is 9.25. The average Bonchev–Trinajstić information content (AvgIpc) is 2.78. The Balaban J connectivity index is 1.51. The molecule has 4 rings (SSSR count). The van der Waals surface area contributed by atoms with E-state index in [9.17, 15) is 21.6 Å². The fourth-order valence-corrected chi connectivity index (χ4v) is 5.16. The van der Waals surface area contributed by atoms with E-state index in [-0.39, 0.29) is 18.0 Å². The smallest absolute Gasteiger partial charge is 0.416 e. The standard InChI is InChI=1S/C22H21F3N2O3S/c1-30-20-7-5-17-14-21(8-6-16(17)13-20)31(28,29)27-11-9-26(10-12-27)19-4-2-3-18(15-19)22(23,24)25/h2-8,13-15H,9-12H2,1H3. The minimum Gasteiger partial charge on any atom is -0.497 e. The van der Waals surface area contributed by atoms with Crippen molar-refractivity contribution in [2.45, 2.75) is 11.1 Å². The van der Waals surface area contributed by atoms with Gasteiger partial charge in [0.2, 0.25) is 10.0 Å². The Kier molecular flexibility index (Phi) is 5.57. The van der Waals surface area contributed by atoms with E-state index in [4.69, 9.17) is 4.74 Å². The number of nitrogens with zero attached hydrogens (tertiary/aromatic N) is 2. The van der Waals surface area contributed by atoms with Crippen molar-refractivity contribution in [2.24, 2.45) is 0 Å². The molecule has 0 bridgehead atoms. The van der Waals surface area contributed by atoms with Crippen LogP contribution in [0.4, 0.5) is 18.9 Å². The summed E-state index contributed by atoms with van der Waals surface area (Å²) in [4.78, 5) is 1.96. The third kappa shape index (κ3) is 4.33. The molecule has 5 nitrogen and oxygen atoms in total. The molecule has 0 unspecified atom stereocenters. The Bertz CT molecular complexity index is 1200. The van der Waals surface area contributed by atoms with E-state index >= 15 is 0 Å². The third-order valence-corrected chi connectivity index (χ3v) is 7.33. The molecule has 0 N–H and O–H groups in total. The normalized spacial score (nSPS) is 15.9. The van der Waals surface area contributed by atoms with Crippen molar-refractivity contribution in [1.29, 1.82) is 0 Å². The van der Waals surface area contributed by atoms with Crippen LogP contribution >= 0.6 is 0 Å². The number of hydrogen-bond donors (Lipinski definition) is 0. The number of ether oxygens (including phenoxy) is 1. The maximum Gasteiger partial charge on any atom is 0.416 e. The first-order chi connectivity index (χ1) is 14.7. The second-order valence-electron chi connectivity index (χ2n) is 7.31. The maximum absolute atomic E-state index is 13.1. The van der Waals surface area contributed by atoms with Crippen LogP contribution < -0.4 is 9.64 Å². The molecule has 1 heterocycles. The largest absolute Gasteiger partial charge is 0.497 e. The monoisotopic (exact) mass is 450 g/mol. The number of halogens is 3. The van der Waals surface area contributed by atoms with Crippen molar-refractivity contribution in [3.8, 4) is 5.75 Å². The summed E-state index contributed by atoms with van der Waals surface area (Å²) < 4.78 is 71.7. The molecule has 9 heteroatoms. The number of alkyl halides is 3. The summed E-state index contributed by atoms with van der Waals surface area (Å²) in [6, 6.07) is 15.4. The molecule has 164 valence electrons. The Hall–Kier alpha value is -2.78. The van der Waals surface area contributed by atoms with E-state index in [0.717, 1.165) is 22.9 Å². The van der Waals surface area contributed by atoms with Gasteiger partial charge >= 0.3 is 6.18 Å². The lowest BCUT2D eigenvalue weighted by molar-refractivity contribution is -0.137. The molecule has 3 aromatic rings. The summed E-state index contributed by atoms with van der Waals surface area (Å²) in [5, 5.41) is 1.65. The van der Waals surface area contributed by atoms with Gasteiger partial charge in [-0.05, 0) is 53.2 Å². The molecule has 31 heavy (non-hydrogen) atoms. The number of rotatable bonds is 4. The van der Waals surface area contributed by atoms with Crippen LogP contribution in [0.25, 0.3) is 10.8 Å². The first-order valence-corrected chi connectivity index (χ1v) is 11.1. The highest BCUT2D eigenvalue weighted by atomic mass is 32.2. The molecule has 0 aromatic heterocycles. The van der Waals surface area contributed by atoms with Gasteiger partial charge in [0.15, 0.2) is 0 Å². The van der Waals surface area contributed by atoms with E-state index < -0.39 is 21.8 Å². The lowest BCUT2D eigenvalue weighted by Crippen LogP contribution is -2.48. The quantitative estimate of drug-likeness (QED) is 0.592. The van der Waals surface area contributed by atoms with E-state index in [0.29, 0.717) is 24.5 Å². The minimum atomic E-state index is -4.42. The highest BCUT2D eigenvalue weighted by molar-refractivity contribution is 7.89. The van der Waals surface area contributed by atoms with Gasteiger partial charge in [0, 0.05) is 31.9 Å². The van der Waals surface area contributed by atoms with Crippen LogP contribution in [0.15, 0.2) is 65.6 Å². The molecule has 3 aromatic carbocycles. The third-order valence-electron chi connectivity index (χ3n) is 5.43. The topological polar surface area (TPSA) is 49.9 Å². The molecule has 0 radical (unpaired) electrons. The Labute approximate surface area is 178 Å². The number of anilines is 1. The molecule has 1 aliphatic rings. The van der Waals surface area contributed by atoms with Gasteiger partial charge < -0.3 is 9.64 Å². The van der Waals surface area contributed by atoms with Crippen molar-refractivity contribution in [3.05, 3.63) is 66.2 Å². The first-order valence-electron chi connectivity index (χ1n) is 9.69. The van der Waals surface area contributed by atoms with Crippen LogP contribution in [0.5, 0.6) is 5.75 Å². The van der Waals surface area contributed by atoms with Crippen molar-refractivity contribution in [2.75, 3.05) is 38.2 Å². The van der Waals surface area contributed by atoms with Gasteiger partial charge in [0.05, 0.1) is 17.6 Å². The van der Waals surface area contributed by atoms with Crippen LogP contribution in [-0.4, -0.2) is 46.0 Å².